The van der Waals surface area contributed by atoms with E-state index in [9.17, 15) is 0 Å². The van der Waals surface area contributed by atoms with Crippen molar-refractivity contribution in [3.05, 3.63) is 28.8 Å². The predicted octanol–water partition coefficient (Wildman–Crippen LogP) is 3.39. The molecule has 1 N–H and O–H groups in total. The first-order valence-electron chi connectivity index (χ1n) is 7.52. The van der Waals surface area contributed by atoms with E-state index in [1.165, 1.54) is 0 Å². The molecule has 0 radical (unpaired) electrons. The first-order chi connectivity index (χ1) is 9.65. The number of anilines is 1. The Balaban J connectivity index is 2.59. The Morgan fingerprint density at radius 3 is 2.25 bits per heavy atom. The van der Waals surface area contributed by atoms with Gasteiger partial charge < -0.3 is 14.9 Å². The van der Waals surface area contributed by atoms with Crippen molar-refractivity contribution < 1.29 is 5.11 Å². The van der Waals surface area contributed by atoms with Gasteiger partial charge in [0.1, 0.15) is 0 Å². The molecule has 0 amide bonds. The van der Waals surface area contributed by atoms with Gasteiger partial charge in [-0.1, -0.05) is 31.5 Å². The predicted molar refractivity (Wildman–Crippen MR) is 87.7 cm³/mol. The summed E-state index contributed by atoms with van der Waals surface area (Å²) < 4.78 is 0. The molecular formula is C16H27ClN2O. The Hall–Kier alpha value is -0.770. The number of benzene rings is 1. The number of hydrogen-bond acceptors (Lipinski definition) is 3. The van der Waals surface area contributed by atoms with E-state index in [-0.39, 0.29) is 6.61 Å². The number of halogens is 1. The Kier molecular flexibility index (Phi) is 7.97. The lowest BCUT2D eigenvalue weighted by Gasteiger charge is -2.25. The number of aliphatic hydroxyl groups excluding tert-OH is 1. The van der Waals surface area contributed by atoms with Crippen molar-refractivity contribution in [1.29, 1.82) is 0 Å². The summed E-state index contributed by atoms with van der Waals surface area (Å²) in [5.74, 6) is 0. The Bertz CT molecular complexity index is 394. The van der Waals surface area contributed by atoms with Crippen LogP contribution in [0, 0.1) is 0 Å². The fourth-order valence-corrected chi connectivity index (χ4v) is 2.59. The second-order valence-electron chi connectivity index (χ2n) is 4.89. The lowest BCUT2D eigenvalue weighted by molar-refractivity contribution is 0.282. The molecule has 0 aliphatic rings. The molecule has 3 nitrogen and oxygen atoms in total. The third-order valence-electron chi connectivity index (χ3n) is 3.75. The Morgan fingerprint density at radius 1 is 1.05 bits per heavy atom. The topological polar surface area (TPSA) is 26.7 Å². The number of nitrogens with zero attached hydrogens (tertiary/aromatic N) is 2. The van der Waals surface area contributed by atoms with Crippen molar-refractivity contribution in [3.8, 4) is 0 Å². The molecule has 0 aliphatic carbocycles. The molecule has 0 saturated heterocycles. The van der Waals surface area contributed by atoms with Gasteiger partial charge in [0.25, 0.3) is 0 Å². The van der Waals surface area contributed by atoms with Crippen LogP contribution in [0.4, 0.5) is 5.69 Å². The van der Waals surface area contributed by atoms with E-state index >= 15 is 0 Å². The van der Waals surface area contributed by atoms with Crippen LogP contribution in [0.1, 0.15) is 32.8 Å². The highest BCUT2D eigenvalue weighted by atomic mass is 35.5. The van der Waals surface area contributed by atoms with Gasteiger partial charge in [-0.05, 0) is 50.7 Å². The molecule has 0 heterocycles. The zero-order valence-electron chi connectivity index (χ0n) is 12.9. The quantitative estimate of drug-likeness (QED) is 0.757. The molecule has 0 unspecified atom stereocenters. The van der Waals surface area contributed by atoms with Crippen molar-refractivity contribution in [3.63, 3.8) is 0 Å². The average molecular weight is 299 g/mol. The van der Waals surface area contributed by atoms with Crippen LogP contribution in [-0.2, 0) is 6.61 Å². The van der Waals surface area contributed by atoms with Crippen molar-refractivity contribution in [2.75, 3.05) is 37.6 Å². The van der Waals surface area contributed by atoms with Gasteiger partial charge in [0, 0.05) is 23.8 Å². The number of hydrogen-bond donors (Lipinski definition) is 1. The van der Waals surface area contributed by atoms with Crippen LogP contribution in [0.5, 0.6) is 0 Å². The third-order valence-corrected chi connectivity index (χ3v) is 4.10. The molecular weight excluding hydrogens is 272 g/mol. The molecule has 0 bridgehead atoms. The molecule has 0 fully saturated rings. The Labute approximate surface area is 128 Å². The summed E-state index contributed by atoms with van der Waals surface area (Å²) in [4.78, 5) is 4.77. The van der Waals surface area contributed by atoms with Crippen LogP contribution >= 0.6 is 11.6 Å². The van der Waals surface area contributed by atoms with E-state index in [4.69, 9.17) is 16.7 Å². The summed E-state index contributed by atoms with van der Waals surface area (Å²) in [7, 11) is 0. The molecule has 20 heavy (non-hydrogen) atoms. The van der Waals surface area contributed by atoms with Gasteiger partial charge in [-0.3, -0.25) is 0 Å². The van der Waals surface area contributed by atoms with Gasteiger partial charge in [-0.25, -0.2) is 0 Å². The first kappa shape index (κ1) is 17.3. The van der Waals surface area contributed by atoms with Gasteiger partial charge >= 0.3 is 0 Å². The van der Waals surface area contributed by atoms with E-state index in [0.29, 0.717) is 5.02 Å². The van der Waals surface area contributed by atoms with Crippen LogP contribution in [-0.4, -0.2) is 42.7 Å². The highest BCUT2D eigenvalue weighted by Gasteiger charge is 2.08. The summed E-state index contributed by atoms with van der Waals surface area (Å²) in [5, 5.41) is 9.80. The van der Waals surface area contributed by atoms with Gasteiger partial charge in [0.2, 0.25) is 0 Å². The summed E-state index contributed by atoms with van der Waals surface area (Å²) in [6.07, 6.45) is 1.15. The van der Waals surface area contributed by atoms with Crippen LogP contribution < -0.4 is 4.90 Å². The van der Waals surface area contributed by atoms with Crippen molar-refractivity contribution >= 4 is 17.3 Å². The highest BCUT2D eigenvalue weighted by Crippen LogP contribution is 2.24. The molecule has 1 rings (SSSR count). The average Bonchev–Trinajstić information content (AvgIpc) is 2.47. The summed E-state index contributed by atoms with van der Waals surface area (Å²) in [6, 6.07) is 5.90. The maximum Gasteiger partial charge on any atom is 0.0696 e. The summed E-state index contributed by atoms with van der Waals surface area (Å²) in [5.41, 5.74) is 1.92. The Morgan fingerprint density at radius 2 is 1.75 bits per heavy atom. The lowest BCUT2D eigenvalue weighted by Crippen LogP contribution is -2.30. The minimum absolute atomic E-state index is 0.00675. The fourth-order valence-electron chi connectivity index (χ4n) is 2.36. The number of rotatable bonds is 9. The molecule has 114 valence electrons. The maximum absolute atomic E-state index is 9.16. The largest absolute Gasteiger partial charge is 0.392 e. The SMILES string of the molecule is CCN(CC)CCCN(CC)c1ccc(CO)c(Cl)c1. The lowest BCUT2D eigenvalue weighted by atomic mass is 10.2. The van der Waals surface area contributed by atoms with Crippen LogP contribution in [0.2, 0.25) is 5.02 Å². The second-order valence-corrected chi connectivity index (χ2v) is 5.30. The van der Waals surface area contributed by atoms with Crippen LogP contribution in [0.15, 0.2) is 18.2 Å². The zero-order chi connectivity index (χ0) is 15.0. The van der Waals surface area contributed by atoms with Crippen molar-refractivity contribution in [1.82, 2.24) is 4.90 Å². The molecule has 0 atom stereocenters. The molecule has 1 aromatic carbocycles. The minimum Gasteiger partial charge on any atom is -0.392 e. The molecule has 0 spiro atoms. The minimum atomic E-state index is -0.00675. The van der Waals surface area contributed by atoms with E-state index in [0.717, 1.165) is 50.4 Å². The van der Waals surface area contributed by atoms with Gasteiger partial charge in [0.05, 0.1) is 6.61 Å². The molecule has 0 aromatic heterocycles. The molecule has 0 aliphatic heterocycles. The van der Waals surface area contributed by atoms with Crippen molar-refractivity contribution in [2.24, 2.45) is 0 Å². The fraction of sp³-hybridized carbons (Fsp3) is 0.625. The van der Waals surface area contributed by atoms with Gasteiger partial charge in [-0.2, -0.15) is 0 Å². The monoisotopic (exact) mass is 298 g/mol. The van der Waals surface area contributed by atoms with Gasteiger partial charge in [0.15, 0.2) is 0 Å². The van der Waals surface area contributed by atoms with E-state index in [2.05, 4.69) is 30.6 Å². The summed E-state index contributed by atoms with van der Waals surface area (Å²) in [6.45, 7) is 11.9. The van der Waals surface area contributed by atoms with Crippen LogP contribution in [0.25, 0.3) is 0 Å². The van der Waals surface area contributed by atoms with E-state index in [1.807, 2.05) is 18.2 Å². The molecule has 1 aromatic rings. The third kappa shape index (κ3) is 4.97. The van der Waals surface area contributed by atoms with Crippen molar-refractivity contribution in [2.45, 2.75) is 33.8 Å². The normalized spacial score (nSPS) is 11.1. The number of aliphatic hydroxyl groups is 1. The second kappa shape index (κ2) is 9.22. The van der Waals surface area contributed by atoms with Gasteiger partial charge in [-0.15, -0.1) is 0 Å². The molecule has 4 heteroatoms. The van der Waals surface area contributed by atoms with E-state index < -0.39 is 0 Å². The standard InChI is InChI=1S/C16H27ClN2O/c1-4-18(5-2)10-7-11-19(6-3)15-9-8-14(13-20)16(17)12-15/h8-9,12,20H,4-7,10-11,13H2,1-3H3. The maximum atomic E-state index is 9.16. The smallest absolute Gasteiger partial charge is 0.0696 e. The van der Waals surface area contributed by atoms with Crippen LogP contribution in [0.3, 0.4) is 0 Å². The van der Waals surface area contributed by atoms with E-state index in [1.54, 1.807) is 0 Å². The zero-order valence-corrected chi connectivity index (χ0v) is 13.7. The first-order valence-corrected chi connectivity index (χ1v) is 7.90. The highest BCUT2D eigenvalue weighted by molar-refractivity contribution is 6.31. The molecule has 0 saturated carbocycles. The summed E-state index contributed by atoms with van der Waals surface area (Å²) >= 11 is 6.17.